The van der Waals surface area contributed by atoms with Gasteiger partial charge < -0.3 is 4.98 Å². The zero-order valence-electron chi connectivity index (χ0n) is 11.4. The molecule has 0 fully saturated rings. The molecule has 2 nitrogen and oxygen atoms in total. The van der Waals surface area contributed by atoms with Gasteiger partial charge in [-0.2, -0.15) is 0 Å². The zero-order chi connectivity index (χ0) is 14.1. The topological polar surface area (TPSA) is 32.9 Å². The fraction of sp³-hybridized carbons (Fsp3) is 0.118. The van der Waals surface area contributed by atoms with Crippen LogP contribution in [-0.4, -0.2) is 4.98 Å². The van der Waals surface area contributed by atoms with Gasteiger partial charge in [-0.3, -0.25) is 4.79 Å². The van der Waals surface area contributed by atoms with Gasteiger partial charge in [0.25, 0.3) is 0 Å². The van der Waals surface area contributed by atoms with Crippen LogP contribution in [0.4, 0.5) is 0 Å². The number of hydrogen-bond donors (Lipinski definition) is 1. The summed E-state index contributed by atoms with van der Waals surface area (Å²) in [6.45, 7) is 4.01. The van der Waals surface area contributed by atoms with E-state index < -0.39 is 0 Å². The summed E-state index contributed by atoms with van der Waals surface area (Å²) in [5, 5.41) is 0.743. The van der Waals surface area contributed by atoms with E-state index in [1.165, 1.54) is 17.3 Å². The maximum Gasteiger partial charge on any atom is 0.203 e. The van der Waals surface area contributed by atoms with Crippen molar-refractivity contribution < 1.29 is 0 Å². The summed E-state index contributed by atoms with van der Waals surface area (Å²) in [7, 11) is 0. The monoisotopic (exact) mass is 281 g/mol. The highest BCUT2D eigenvalue weighted by Gasteiger charge is 2.10. The second kappa shape index (κ2) is 5.17. The number of fused-ring (bicyclic) bond motifs is 1. The number of nitrogens with one attached hydrogen (secondary N) is 1. The summed E-state index contributed by atoms with van der Waals surface area (Å²) in [6, 6.07) is 15.9. The molecule has 0 aliphatic heterocycles. The van der Waals surface area contributed by atoms with Crippen LogP contribution < -0.4 is 5.43 Å². The van der Waals surface area contributed by atoms with Crippen LogP contribution in [0.25, 0.3) is 10.9 Å². The van der Waals surface area contributed by atoms with E-state index in [0.29, 0.717) is 0 Å². The van der Waals surface area contributed by atoms with E-state index in [-0.39, 0.29) is 5.43 Å². The van der Waals surface area contributed by atoms with Crippen LogP contribution in [-0.2, 0) is 0 Å². The average molecular weight is 281 g/mol. The van der Waals surface area contributed by atoms with E-state index in [0.717, 1.165) is 26.4 Å². The van der Waals surface area contributed by atoms with Crippen molar-refractivity contribution in [2.24, 2.45) is 0 Å². The summed E-state index contributed by atoms with van der Waals surface area (Å²) in [5.41, 5.74) is 3.13. The van der Waals surface area contributed by atoms with Gasteiger partial charge in [-0.25, -0.2) is 0 Å². The van der Waals surface area contributed by atoms with Crippen molar-refractivity contribution in [2.45, 2.75) is 23.6 Å². The molecule has 1 aromatic heterocycles. The molecule has 100 valence electrons. The first kappa shape index (κ1) is 13.0. The molecule has 1 heterocycles. The van der Waals surface area contributed by atoms with Gasteiger partial charge in [0.2, 0.25) is 5.43 Å². The number of rotatable bonds is 2. The molecule has 0 bridgehead atoms. The lowest BCUT2D eigenvalue weighted by atomic mass is 10.2. The van der Waals surface area contributed by atoms with Crippen LogP contribution >= 0.6 is 11.8 Å². The molecule has 1 N–H and O–H groups in total. The fourth-order valence-electron chi connectivity index (χ4n) is 2.19. The molecule has 0 saturated carbocycles. The second-order valence-corrected chi connectivity index (χ2v) is 5.95. The SMILES string of the molecule is Cc1ccc(Sc2c(C)[nH]c3ccccc3c2=O)cc1. The number of aryl methyl sites for hydroxylation is 2. The number of aromatic nitrogens is 1. The molecule has 0 unspecified atom stereocenters. The molecule has 20 heavy (non-hydrogen) atoms. The molecule has 0 saturated heterocycles. The molecule has 3 aromatic rings. The van der Waals surface area contributed by atoms with Crippen molar-refractivity contribution in [2.75, 3.05) is 0 Å². The summed E-state index contributed by atoms with van der Waals surface area (Å²) < 4.78 is 0. The highest BCUT2D eigenvalue weighted by Crippen LogP contribution is 2.28. The van der Waals surface area contributed by atoms with Crippen LogP contribution in [0, 0.1) is 13.8 Å². The van der Waals surface area contributed by atoms with Gasteiger partial charge in [-0.05, 0) is 38.1 Å². The summed E-state index contributed by atoms with van der Waals surface area (Å²) >= 11 is 1.52. The van der Waals surface area contributed by atoms with E-state index in [1.807, 2.05) is 43.3 Å². The van der Waals surface area contributed by atoms with Gasteiger partial charge in [0.05, 0.1) is 4.90 Å². The Morgan fingerprint density at radius 2 is 1.65 bits per heavy atom. The average Bonchev–Trinajstić information content (AvgIpc) is 2.45. The minimum absolute atomic E-state index is 0.0995. The first-order valence-electron chi connectivity index (χ1n) is 6.51. The van der Waals surface area contributed by atoms with Crippen LogP contribution in [0.15, 0.2) is 63.1 Å². The maximum absolute atomic E-state index is 12.6. The van der Waals surface area contributed by atoms with E-state index in [1.54, 1.807) is 0 Å². The van der Waals surface area contributed by atoms with Crippen molar-refractivity contribution in [1.82, 2.24) is 4.98 Å². The van der Waals surface area contributed by atoms with Crippen molar-refractivity contribution in [1.29, 1.82) is 0 Å². The van der Waals surface area contributed by atoms with E-state index in [2.05, 4.69) is 24.0 Å². The van der Waals surface area contributed by atoms with Gasteiger partial charge in [-0.1, -0.05) is 41.6 Å². The summed E-state index contributed by atoms with van der Waals surface area (Å²) in [6.07, 6.45) is 0. The molecule has 0 atom stereocenters. The Morgan fingerprint density at radius 1 is 0.950 bits per heavy atom. The third-order valence-corrected chi connectivity index (χ3v) is 4.49. The molecule has 0 aliphatic carbocycles. The lowest BCUT2D eigenvalue weighted by Gasteiger charge is -2.08. The van der Waals surface area contributed by atoms with Crippen LogP contribution in [0.3, 0.4) is 0 Å². The van der Waals surface area contributed by atoms with Gasteiger partial charge in [0.15, 0.2) is 0 Å². The van der Waals surface area contributed by atoms with Crippen molar-refractivity contribution >= 4 is 22.7 Å². The minimum Gasteiger partial charge on any atom is -0.357 e. The number of benzene rings is 2. The van der Waals surface area contributed by atoms with Gasteiger partial charge in [-0.15, -0.1) is 0 Å². The second-order valence-electron chi connectivity index (χ2n) is 4.87. The quantitative estimate of drug-likeness (QED) is 0.760. The highest BCUT2D eigenvalue weighted by atomic mass is 32.2. The molecule has 0 aliphatic rings. The van der Waals surface area contributed by atoms with Gasteiger partial charge in [0.1, 0.15) is 0 Å². The standard InChI is InChI=1S/C17H15NOS/c1-11-7-9-13(10-8-11)20-17-12(2)18-15-6-4-3-5-14(15)16(17)19/h3-10H,1-2H3,(H,18,19). The normalized spacial score (nSPS) is 10.9. The van der Waals surface area contributed by atoms with Crippen molar-refractivity contribution in [3.05, 3.63) is 70.0 Å². The van der Waals surface area contributed by atoms with Crippen LogP contribution in [0.1, 0.15) is 11.3 Å². The van der Waals surface area contributed by atoms with Crippen molar-refractivity contribution in [3.63, 3.8) is 0 Å². The van der Waals surface area contributed by atoms with E-state index >= 15 is 0 Å². The predicted molar refractivity (Wildman–Crippen MR) is 84.6 cm³/mol. The molecule has 2 aromatic carbocycles. The summed E-state index contributed by atoms with van der Waals surface area (Å²) in [5.74, 6) is 0. The number of hydrogen-bond acceptors (Lipinski definition) is 2. The van der Waals surface area contributed by atoms with Crippen LogP contribution in [0.2, 0.25) is 0 Å². The number of H-pyrrole nitrogens is 1. The Bertz CT molecular complexity index is 819. The Balaban J connectivity index is 2.11. The van der Waals surface area contributed by atoms with Crippen LogP contribution in [0.5, 0.6) is 0 Å². The third-order valence-electron chi connectivity index (χ3n) is 3.28. The lowest BCUT2D eigenvalue weighted by molar-refractivity contribution is 1.13. The van der Waals surface area contributed by atoms with Gasteiger partial charge in [0, 0.05) is 21.5 Å². The van der Waals surface area contributed by atoms with Crippen molar-refractivity contribution in [3.8, 4) is 0 Å². The van der Waals surface area contributed by atoms with Gasteiger partial charge >= 0.3 is 0 Å². The molecule has 3 rings (SSSR count). The highest BCUT2D eigenvalue weighted by molar-refractivity contribution is 7.99. The zero-order valence-corrected chi connectivity index (χ0v) is 12.3. The van der Waals surface area contributed by atoms with E-state index in [4.69, 9.17) is 0 Å². The fourth-order valence-corrected chi connectivity index (χ4v) is 3.10. The molecular formula is C17H15NOS. The first-order valence-corrected chi connectivity index (χ1v) is 7.33. The molecular weight excluding hydrogens is 266 g/mol. The summed E-state index contributed by atoms with van der Waals surface area (Å²) in [4.78, 5) is 17.7. The number of pyridine rings is 1. The smallest absolute Gasteiger partial charge is 0.203 e. The lowest BCUT2D eigenvalue weighted by Crippen LogP contribution is -2.08. The Labute approximate surface area is 121 Å². The third kappa shape index (κ3) is 2.37. The molecule has 0 radical (unpaired) electrons. The maximum atomic E-state index is 12.6. The minimum atomic E-state index is 0.0995. The Hall–Kier alpha value is -2.00. The Morgan fingerprint density at radius 3 is 2.40 bits per heavy atom. The largest absolute Gasteiger partial charge is 0.357 e. The Kier molecular flexibility index (Phi) is 3.36. The predicted octanol–water partition coefficient (Wildman–Crippen LogP) is 4.30. The van der Waals surface area contributed by atoms with E-state index in [9.17, 15) is 4.79 Å². The number of para-hydroxylation sites is 1. The molecule has 3 heteroatoms. The first-order chi connectivity index (χ1) is 9.65. The molecule has 0 spiro atoms. The number of aromatic amines is 1. The molecule has 0 amide bonds.